The second kappa shape index (κ2) is 9.34. The Bertz CT molecular complexity index is 1320. The molecule has 4 aliphatic rings. The molecule has 4 saturated carbocycles. The van der Waals surface area contributed by atoms with Gasteiger partial charge in [-0.25, -0.2) is 0 Å². The molecule has 1 amide bonds. The van der Waals surface area contributed by atoms with E-state index >= 15 is 0 Å². The molecule has 2 aromatic rings. The summed E-state index contributed by atoms with van der Waals surface area (Å²) >= 11 is 0. The SMILES string of the molecule is CC(F)(F)c1nc(C23CCC(CN(C(=O)C4CC(O)(C(F)(F)F)C4)c4cccc(P(C)(C)=O)c4)(CC2)CC3)no1. The van der Waals surface area contributed by atoms with Gasteiger partial charge >= 0.3 is 12.1 Å². The highest BCUT2D eigenvalue weighted by Gasteiger charge is 2.63. The minimum Gasteiger partial charge on any atom is -0.380 e. The smallest absolute Gasteiger partial charge is 0.380 e. The third-order valence-corrected chi connectivity index (χ3v) is 10.8. The Morgan fingerprint density at radius 3 is 2.20 bits per heavy atom. The molecule has 0 saturated heterocycles. The molecule has 6 rings (SSSR count). The van der Waals surface area contributed by atoms with Gasteiger partial charge in [0.25, 0.3) is 5.89 Å². The van der Waals surface area contributed by atoms with Crippen molar-refractivity contribution in [1.82, 2.24) is 10.1 Å². The molecule has 4 aliphatic carbocycles. The van der Waals surface area contributed by atoms with Gasteiger partial charge in [-0.1, -0.05) is 17.3 Å². The molecule has 0 unspecified atom stereocenters. The van der Waals surface area contributed by atoms with Crippen molar-refractivity contribution in [1.29, 1.82) is 0 Å². The van der Waals surface area contributed by atoms with Crippen LogP contribution in [0.1, 0.15) is 70.0 Å². The number of nitrogens with zero attached hydrogens (tertiary/aromatic N) is 3. The number of halogens is 5. The Balaban J connectivity index is 1.39. The van der Waals surface area contributed by atoms with E-state index in [1.54, 1.807) is 37.6 Å². The summed E-state index contributed by atoms with van der Waals surface area (Å²) in [6.07, 6.45) is -2.52. The second-order valence-electron chi connectivity index (χ2n) is 12.5. The number of amides is 1. The molecule has 0 spiro atoms. The maximum absolute atomic E-state index is 13.7. The lowest BCUT2D eigenvalue weighted by Gasteiger charge is -2.54. The van der Waals surface area contributed by atoms with Gasteiger partial charge in [0, 0.05) is 35.8 Å². The fraction of sp³-hybridized carbons (Fsp3) is 0.667. The predicted molar refractivity (Wildman–Crippen MR) is 137 cm³/mol. The third kappa shape index (κ3) is 5.10. The van der Waals surface area contributed by atoms with E-state index in [0.29, 0.717) is 56.4 Å². The van der Waals surface area contributed by atoms with Gasteiger partial charge < -0.3 is 19.1 Å². The monoisotopic (exact) mass is 589 g/mol. The van der Waals surface area contributed by atoms with Crippen LogP contribution in [0.3, 0.4) is 0 Å². The first-order chi connectivity index (χ1) is 18.4. The van der Waals surface area contributed by atoms with Gasteiger partial charge in [0.05, 0.1) is 0 Å². The lowest BCUT2D eigenvalue weighted by atomic mass is 9.53. The highest BCUT2D eigenvalue weighted by molar-refractivity contribution is 7.70. The standard InChI is InChI=1S/C27H33F5N3O4P/c1-23(28,29)22-33-21(34-39-22)25-10-7-24(8-11-25,9-12-25)16-35(18-5-4-6-19(13-18)40(2,3)38)20(36)17-14-26(37,15-17)27(30,31)32/h4-6,13,17,37H,7-12,14-16H2,1-3H3. The van der Waals surface area contributed by atoms with Crippen LogP contribution in [0, 0.1) is 11.3 Å². The number of fused-ring (bicyclic) bond motifs is 3. The highest BCUT2D eigenvalue weighted by Crippen LogP contribution is 2.58. The van der Waals surface area contributed by atoms with Crippen LogP contribution in [-0.4, -0.2) is 52.8 Å². The van der Waals surface area contributed by atoms with E-state index < -0.39 is 60.8 Å². The molecule has 13 heteroatoms. The fourth-order valence-electron chi connectivity index (χ4n) is 6.46. The van der Waals surface area contributed by atoms with E-state index in [0.717, 1.165) is 0 Å². The zero-order valence-electron chi connectivity index (χ0n) is 22.6. The molecule has 2 bridgehead atoms. The van der Waals surface area contributed by atoms with Gasteiger partial charge in [-0.3, -0.25) is 4.79 Å². The van der Waals surface area contributed by atoms with Gasteiger partial charge in [0.1, 0.15) is 7.14 Å². The average molecular weight is 590 g/mol. The molecule has 4 fully saturated rings. The zero-order valence-corrected chi connectivity index (χ0v) is 23.5. The molecule has 220 valence electrons. The minimum absolute atomic E-state index is 0.245. The normalized spacial score (nSPS) is 30.7. The van der Waals surface area contributed by atoms with Crippen LogP contribution in [0.5, 0.6) is 0 Å². The van der Waals surface area contributed by atoms with Crippen LogP contribution in [0.25, 0.3) is 0 Å². The van der Waals surface area contributed by atoms with Gasteiger partial charge in [-0.2, -0.15) is 26.9 Å². The first kappa shape index (κ1) is 29.2. The number of carbonyl (C=O) groups excluding carboxylic acids is 1. The zero-order chi connectivity index (χ0) is 29.4. The van der Waals surface area contributed by atoms with Gasteiger partial charge in [-0.15, -0.1) is 0 Å². The molecule has 1 aromatic heterocycles. The van der Waals surface area contributed by atoms with Crippen LogP contribution in [0.15, 0.2) is 28.8 Å². The summed E-state index contributed by atoms with van der Waals surface area (Å²) in [5.41, 5.74) is -3.27. The molecule has 0 aliphatic heterocycles. The number of hydrogen-bond acceptors (Lipinski definition) is 6. The summed E-state index contributed by atoms with van der Waals surface area (Å²) in [6, 6.07) is 6.72. The van der Waals surface area contributed by atoms with Crippen LogP contribution in [-0.2, 0) is 20.7 Å². The van der Waals surface area contributed by atoms with Gasteiger partial charge in [0.15, 0.2) is 11.4 Å². The molecule has 1 aromatic carbocycles. The van der Waals surface area contributed by atoms with Crippen molar-refractivity contribution in [2.75, 3.05) is 24.8 Å². The first-order valence-electron chi connectivity index (χ1n) is 13.4. The minimum atomic E-state index is -4.82. The van der Waals surface area contributed by atoms with Crippen molar-refractivity contribution in [3.8, 4) is 0 Å². The average Bonchev–Trinajstić information content (AvgIpc) is 3.37. The molecule has 7 nitrogen and oxygen atoms in total. The lowest BCUT2D eigenvalue weighted by molar-refractivity contribution is -0.295. The van der Waals surface area contributed by atoms with Crippen molar-refractivity contribution in [3.63, 3.8) is 0 Å². The number of carbonyl (C=O) groups is 1. The van der Waals surface area contributed by atoms with E-state index in [1.165, 1.54) is 4.90 Å². The summed E-state index contributed by atoms with van der Waals surface area (Å²) in [7, 11) is -2.69. The quantitative estimate of drug-likeness (QED) is 0.326. The number of anilines is 1. The van der Waals surface area contributed by atoms with E-state index in [1.807, 2.05) is 0 Å². The maximum Gasteiger partial charge on any atom is 0.417 e. The van der Waals surface area contributed by atoms with Crippen molar-refractivity contribution in [3.05, 3.63) is 36.0 Å². The summed E-state index contributed by atoms with van der Waals surface area (Å²) in [4.78, 5) is 19.2. The highest BCUT2D eigenvalue weighted by atomic mass is 31.2. The van der Waals surface area contributed by atoms with Crippen LogP contribution >= 0.6 is 7.14 Å². The van der Waals surface area contributed by atoms with Crippen LogP contribution < -0.4 is 10.2 Å². The van der Waals surface area contributed by atoms with Gasteiger partial charge in [-0.05, 0) is 82.2 Å². The third-order valence-electron chi connectivity index (χ3n) is 9.25. The lowest BCUT2D eigenvalue weighted by Crippen LogP contribution is -2.60. The topological polar surface area (TPSA) is 96.5 Å². The van der Waals surface area contributed by atoms with Crippen LogP contribution in [0.2, 0.25) is 0 Å². The summed E-state index contributed by atoms with van der Waals surface area (Å²) in [5.74, 6) is -5.20. The Labute approximate surface area is 228 Å². The molecule has 0 atom stereocenters. The largest absolute Gasteiger partial charge is 0.417 e. The Kier molecular flexibility index (Phi) is 6.81. The number of benzene rings is 1. The molecular weight excluding hydrogens is 556 g/mol. The molecular formula is C27H33F5N3O4P. The van der Waals surface area contributed by atoms with E-state index in [9.17, 15) is 36.4 Å². The number of rotatable bonds is 7. The van der Waals surface area contributed by atoms with Crippen molar-refractivity contribution in [2.45, 2.75) is 81.4 Å². The molecule has 1 heterocycles. The van der Waals surface area contributed by atoms with Gasteiger partial charge in [0.2, 0.25) is 5.91 Å². The second-order valence-corrected chi connectivity index (χ2v) is 15.7. The summed E-state index contributed by atoms with van der Waals surface area (Å²) in [5, 5.41) is 14.4. The van der Waals surface area contributed by atoms with Crippen molar-refractivity contribution in [2.24, 2.45) is 11.3 Å². The Morgan fingerprint density at radius 2 is 1.70 bits per heavy atom. The Morgan fingerprint density at radius 1 is 1.10 bits per heavy atom. The number of hydrogen-bond donors (Lipinski definition) is 1. The maximum atomic E-state index is 13.7. The van der Waals surface area contributed by atoms with E-state index in [-0.39, 0.29) is 17.8 Å². The van der Waals surface area contributed by atoms with E-state index in [2.05, 4.69) is 10.1 Å². The number of aromatic nitrogens is 2. The number of aliphatic hydroxyl groups is 1. The van der Waals surface area contributed by atoms with E-state index in [4.69, 9.17) is 4.52 Å². The predicted octanol–water partition coefficient (Wildman–Crippen LogP) is 5.76. The van der Waals surface area contributed by atoms with Crippen molar-refractivity contribution >= 4 is 24.0 Å². The van der Waals surface area contributed by atoms with Crippen LogP contribution in [0.4, 0.5) is 27.6 Å². The Hall–Kier alpha value is -2.33. The summed E-state index contributed by atoms with van der Waals surface area (Å²) in [6.45, 7) is 4.15. The molecule has 40 heavy (non-hydrogen) atoms. The first-order valence-corrected chi connectivity index (χ1v) is 16.0. The summed E-state index contributed by atoms with van der Waals surface area (Å²) < 4.78 is 84.9. The number of alkyl halides is 5. The van der Waals surface area contributed by atoms with Crippen molar-refractivity contribution < 1.29 is 40.9 Å². The fourth-order valence-corrected chi connectivity index (χ4v) is 7.35. The molecule has 0 radical (unpaired) electrons. The molecule has 1 N–H and O–H groups in total.